The van der Waals surface area contributed by atoms with Gasteiger partial charge in [-0.2, -0.15) is 0 Å². The molecule has 0 radical (unpaired) electrons. The summed E-state index contributed by atoms with van der Waals surface area (Å²) in [5, 5.41) is 16.9. The molecule has 2 fully saturated rings. The quantitative estimate of drug-likeness (QED) is 0.535. The highest BCUT2D eigenvalue weighted by Crippen LogP contribution is 2.28. The first kappa shape index (κ1) is 23.1. The maximum Gasteiger partial charge on any atom is 0.325 e. The number of guanidine groups is 1. The van der Waals surface area contributed by atoms with Crippen molar-refractivity contribution >= 4 is 41.1 Å². The molecule has 174 valence electrons. The smallest absolute Gasteiger partial charge is 0.325 e. The van der Waals surface area contributed by atoms with Crippen molar-refractivity contribution < 1.29 is 19.4 Å². The van der Waals surface area contributed by atoms with E-state index < -0.39 is 30.2 Å². The van der Waals surface area contributed by atoms with Crippen LogP contribution in [0.15, 0.2) is 47.7 Å². The van der Waals surface area contributed by atoms with Gasteiger partial charge in [-0.15, -0.1) is 0 Å². The zero-order valence-electron chi connectivity index (χ0n) is 17.6. The SMILES string of the molecule is CN1C(=O)NC(=O)C2C1NC(=NCc1cccnc1)N2CC(O)COc1ccc(Cl)cc1Cl. The van der Waals surface area contributed by atoms with Crippen molar-refractivity contribution in [2.45, 2.75) is 24.9 Å². The number of hydrogen-bond acceptors (Lipinski definition) is 6. The maximum atomic E-state index is 12.7. The molecule has 2 aromatic rings. The Bertz CT molecular complexity index is 1070. The minimum Gasteiger partial charge on any atom is -0.489 e. The second-order valence-electron chi connectivity index (χ2n) is 7.63. The van der Waals surface area contributed by atoms with E-state index in [-0.39, 0.29) is 13.2 Å². The average Bonchev–Trinajstić information content (AvgIpc) is 3.15. The molecule has 10 nitrogen and oxygen atoms in total. The molecule has 2 aliphatic heterocycles. The van der Waals surface area contributed by atoms with E-state index >= 15 is 0 Å². The van der Waals surface area contributed by atoms with Crippen LogP contribution in [0.2, 0.25) is 10.0 Å². The van der Waals surface area contributed by atoms with Gasteiger partial charge in [-0.1, -0.05) is 29.3 Å². The first-order valence-electron chi connectivity index (χ1n) is 10.1. The van der Waals surface area contributed by atoms with Gasteiger partial charge in [-0.05, 0) is 29.8 Å². The number of carbonyl (C=O) groups is 2. The summed E-state index contributed by atoms with van der Waals surface area (Å²) in [7, 11) is 1.58. The molecule has 1 aromatic carbocycles. The third-order valence-corrected chi connectivity index (χ3v) is 5.82. The molecule has 3 atom stereocenters. The number of carbonyl (C=O) groups excluding carboxylic acids is 2. The molecule has 0 spiro atoms. The lowest BCUT2D eigenvalue weighted by Gasteiger charge is -2.35. The van der Waals surface area contributed by atoms with Crippen molar-refractivity contribution in [3.63, 3.8) is 0 Å². The second-order valence-corrected chi connectivity index (χ2v) is 8.48. The largest absolute Gasteiger partial charge is 0.489 e. The zero-order chi connectivity index (χ0) is 23.5. The molecule has 12 heteroatoms. The van der Waals surface area contributed by atoms with Crippen LogP contribution in [0.3, 0.4) is 0 Å². The molecule has 4 rings (SSSR count). The van der Waals surface area contributed by atoms with Crippen LogP contribution in [0.4, 0.5) is 4.79 Å². The molecule has 3 N–H and O–H groups in total. The number of β-amino-alcohol motifs (C(OH)–C–C–N with tert-alkyl or cyclic N) is 1. The summed E-state index contributed by atoms with van der Waals surface area (Å²) >= 11 is 12.0. The number of halogens is 2. The van der Waals surface area contributed by atoms with Gasteiger partial charge < -0.3 is 25.0 Å². The lowest BCUT2D eigenvalue weighted by atomic mass is 10.1. The number of pyridine rings is 1. The number of nitrogens with zero attached hydrogens (tertiary/aromatic N) is 4. The summed E-state index contributed by atoms with van der Waals surface area (Å²) < 4.78 is 5.63. The van der Waals surface area contributed by atoms with Gasteiger partial charge >= 0.3 is 6.03 Å². The van der Waals surface area contributed by atoms with Crippen LogP contribution in [0.5, 0.6) is 5.75 Å². The van der Waals surface area contributed by atoms with Crippen LogP contribution >= 0.6 is 23.2 Å². The fourth-order valence-corrected chi connectivity index (χ4v) is 4.10. The topological polar surface area (TPSA) is 119 Å². The molecule has 3 heterocycles. The number of nitrogens with one attached hydrogen (secondary N) is 2. The molecule has 2 aliphatic rings. The number of rotatable bonds is 7. The number of aromatic nitrogens is 1. The van der Waals surface area contributed by atoms with Gasteiger partial charge in [0.1, 0.15) is 24.6 Å². The Labute approximate surface area is 200 Å². The third-order valence-electron chi connectivity index (χ3n) is 5.29. The Morgan fingerprint density at radius 3 is 2.85 bits per heavy atom. The standard InChI is InChI=1S/C21H22Cl2N6O4/c1-28-18-17(19(31)27-21(28)32)29(20(26-18)25-9-12-3-2-6-24-8-12)10-14(30)11-33-16-5-4-13(22)7-15(16)23/h2-8,14,17-18,30H,9-11H2,1H3,(H,25,26)(H,27,31,32). The van der Waals surface area contributed by atoms with Gasteiger partial charge in [0.2, 0.25) is 0 Å². The molecule has 0 aliphatic carbocycles. The summed E-state index contributed by atoms with van der Waals surface area (Å²) in [6.07, 6.45) is 1.74. The summed E-state index contributed by atoms with van der Waals surface area (Å²) in [6.45, 7) is 0.251. The second kappa shape index (κ2) is 9.82. The number of hydrogen-bond donors (Lipinski definition) is 3. The van der Waals surface area contributed by atoms with Crippen molar-refractivity contribution in [1.29, 1.82) is 0 Å². The van der Waals surface area contributed by atoms with Gasteiger partial charge in [0, 0.05) is 24.5 Å². The monoisotopic (exact) mass is 492 g/mol. The summed E-state index contributed by atoms with van der Waals surface area (Å²) in [6, 6.07) is 7.19. The van der Waals surface area contributed by atoms with E-state index in [0.29, 0.717) is 28.3 Å². The normalized spacial score (nSPS) is 22.1. The first-order chi connectivity index (χ1) is 15.8. The fourth-order valence-electron chi connectivity index (χ4n) is 3.64. The number of imide groups is 1. The molecular formula is C21H22Cl2N6O4. The lowest BCUT2D eigenvalue weighted by Crippen LogP contribution is -2.65. The van der Waals surface area contributed by atoms with Gasteiger partial charge in [0.25, 0.3) is 5.91 Å². The van der Waals surface area contributed by atoms with Crippen LogP contribution in [-0.4, -0.2) is 76.3 Å². The number of fused-ring (bicyclic) bond motifs is 1. The summed E-state index contributed by atoms with van der Waals surface area (Å²) in [4.78, 5) is 36.4. The highest BCUT2D eigenvalue weighted by Gasteiger charge is 2.50. The minimum absolute atomic E-state index is 0.0285. The number of ether oxygens (including phenoxy) is 1. The predicted octanol–water partition coefficient (Wildman–Crippen LogP) is 1.47. The van der Waals surface area contributed by atoms with E-state index in [1.54, 1.807) is 48.6 Å². The van der Waals surface area contributed by atoms with E-state index in [1.165, 1.54) is 4.90 Å². The van der Waals surface area contributed by atoms with Crippen LogP contribution < -0.4 is 15.4 Å². The summed E-state index contributed by atoms with van der Waals surface area (Å²) in [5.74, 6) is 0.286. The van der Waals surface area contributed by atoms with Crippen molar-refractivity contribution in [2.75, 3.05) is 20.2 Å². The van der Waals surface area contributed by atoms with Gasteiger partial charge in [0.05, 0.1) is 18.1 Å². The fraction of sp³-hybridized carbons (Fsp3) is 0.333. The minimum atomic E-state index is -0.989. The van der Waals surface area contributed by atoms with E-state index in [4.69, 9.17) is 27.9 Å². The molecule has 3 unspecified atom stereocenters. The summed E-state index contributed by atoms with van der Waals surface area (Å²) in [5.41, 5.74) is 0.872. The highest BCUT2D eigenvalue weighted by molar-refractivity contribution is 6.35. The van der Waals surface area contributed by atoms with Crippen molar-refractivity contribution in [2.24, 2.45) is 4.99 Å². The average molecular weight is 493 g/mol. The number of aliphatic hydroxyl groups excluding tert-OH is 1. The van der Waals surface area contributed by atoms with Crippen LogP contribution in [-0.2, 0) is 11.3 Å². The zero-order valence-corrected chi connectivity index (χ0v) is 19.1. The van der Waals surface area contributed by atoms with Crippen molar-refractivity contribution in [1.82, 2.24) is 25.4 Å². The Hall–Kier alpha value is -3.08. The molecule has 0 bridgehead atoms. The Balaban J connectivity index is 1.51. The van der Waals surface area contributed by atoms with Crippen LogP contribution in [0.1, 0.15) is 5.56 Å². The van der Waals surface area contributed by atoms with E-state index in [2.05, 4.69) is 20.6 Å². The molecule has 0 saturated carbocycles. The van der Waals surface area contributed by atoms with Crippen molar-refractivity contribution in [3.8, 4) is 5.75 Å². The van der Waals surface area contributed by atoms with E-state index in [1.807, 2.05) is 6.07 Å². The number of benzene rings is 1. The highest BCUT2D eigenvalue weighted by atomic mass is 35.5. The lowest BCUT2D eigenvalue weighted by molar-refractivity contribution is -0.127. The third kappa shape index (κ3) is 5.13. The van der Waals surface area contributed by atoms with Crippen LogP contribution in [0.25, 0.3) is 0 Å². The number of aliphatic imine (C=N–C) groups is 1. The number of aliphatic hydroxyl groups is 1. The maximum absolute atomic E-state index is 12.7. The first-order valence-corrected chi connectivity index (χ1v) is 10.9. The molecular weight excluding hydrogens is 471 g/mol. The molecule has 33 heavy (non-hydrogen) atoms. The number of likely N-dealkylation sites (N-methyl/N-ethyl adjacent to an activating group) is 1. The Morgan fingerprint density at radius 1 is 1.30 bits per heavy atom. The Kier molecular flexibility index (Phi) is 6.87. The van der Waals surface area contributed by atoms with Crippen LogP contribution in [0, 0.1) is 0 Å². The number of amides is 3. The van der Waals surface area contributed by atoms with Gasteiger partial charge in [-0.3, -0.25) is 15.1 Å². The van der Waals surface area contributed by atoms with E-state index in [9.17, 15) is 14.7 Å². The molecule has 2 saturated heterocycles. The molecule has 3 amide bonds. The van der Waals surface area contributed by atoms with Gasteiger partial charge in [0.15, 0.2) is 12.0 Å². The number of urea groups is 1. The predicted molar refractivity (Wildman–Crippen MR) is 122 cm³/mol. The molecule has 1 aromatic heterocycles. The van der Waals surface area contributed by atoms with Crippen molar-refractivity contribution in [3.05, 3.63) is 58.3 Å². The Morgan fingerprint density at radius 2 is 2.12 bits per heavy atom. The van der Waals surface area contributed by atoms with E-state index in [0.717, 1.165) is 5.56 Å². The van der Waals surface area contributed by atoms with Gasteiger partial charge in [-0.25, -0.2) is 9.79 Å².